The molecule has 0 spiro atoms. The van der Waals surface area contributed by atoms with Crippen LogP contribution in [0.3, 0.4) is 0 Å². The topological polar surface area (TPSA) is 12.9 Å². The molecule has 90 valence electrons. The van der Waals surface area contributed by atoms with Crippen molar-refractivity contribution < 1.29 is 13.2 Å². The number of nitrogens with zero attached hydrogens (tertiary/aromatic N) is 1. The zero-order valence-corrected chi connectivity index (χ0v) is 10.8. The van der Waals surface area contributed by atoms with Gasteiger partial charge in [0, 0.05) is 9.86 Å². The van der Waals surface area contributed by atoms with Crippen LogP contribution in [0.25, 0.3) is 10.9 Å². The monoisotopic (exact) mass is 303 g/mol. The van der Waals surface area contributed by atoms with E-state index < -0.39 is 11.9 Å². The van der Waals surface area contributed by atoms with Crippen LogP contribution >= 0.6 is 15.9 Å². The molecular weight excluding hydrogens is 295 g/mol. The first-order valence-corrected chi connectivity index (χ1v) is 5.73. The third-order valence-corrected chi connectivity index (χ3v) is 3.12. The van der Waals surface area contributed by atoms with Crippen molar-refractivity contribution in [1.29, 1.82) is 0 Å². The smallest absolute Gasteiger partial charge is 0.243 e. The lowest BCUT2D eigenvalue weighted by Gasteiger charge is -2.11. The second kappa shape index (κ2) is 3.98. The molecule has 1 nitrogen and oxygen atoms in total. The lowest BCUT2D eigenvalue weighted by molar-refractivity contribution is -0.141. The van der Waals surface area contributed by atoms with Crippen molar-refractivity contribution in [3.63, 3.8) is 0 Å². The Balaban J connectivity index is 2.82. The van der Waals surface area contributed by atoms with E-state index in [0.29, 0.717) is 9.99 Å². The molecule has 2 aromatic rings. The Morgan fingerprint density at radius 2 is 1.76 bits per heavy atom. The van der Waals surface area contributed by atoms with Gasteiger partial charge in [-0.3, -0.25) is 0 Å². The van der Waals surface area contributed by atoms with Crippen molar-refractivity contribution in [3.05, 3.63) is 39.5 Å². The summed E-state index contributed by atoms with van der Waals surface area (Å²) in [5, 5.41) is 0.726. The van der Waals surface area contributed by atoms with Crippen molar-refractivity contribution in [2.45, 2.75) is 20.0 Å². The van der Waals surface area contributed by atoms with Crippen LogP contribution < -0.4 is 0 Å². The third-order valence-electron chi connectivity index (χ3n) is 2.49. The van der Waals surface area contributed by atoms with Crippen LogP contribution in [0, 0.1) is 13.8 Å². The van der Waals surface area contributed by atoms with Crippen LogP contribution in [-0.2, 0) is 6.18 Å². The Hall–Kier alpha value is -1.10. The molecule has 0 amide bonds. The fraction of sp³-hybridized carbons (Fsp3) is 0.250. The maximum absolute atomic E-state index is 12.6. The minimum Gasteiger partial charge on any atom is -0.243 e. The number of hydrogen-bond donors (Lipinski definition) is 0. The Morgan fingerprint density at radius 1 is 1.12 bits per heavy atom. The number of aromatic nitrogens is 1. The summed E-state index contributed by atoms with van der Waals surface area (Å²) in [6, 6.07) is 4.59. The molecule has 1 aromatic carbocycles. The lowest BCUT2D eigenvalue weighted by atomic mass is 10.1. The van der Waals surface area contributed by atoms with E-state index in [2.05, 4.69) is 20.9 Å². The Kier molecular flexibility index (Phi) is 2.89. The largest absolute Gasteiger partial charge is 0.433 e. The summed E-state index contributed by atoms with van der Waals surface area (Å²) in [6.07, 6.45) is -4.42. The summed E-state index contributed by atoms with van der Waals surface area (Å²) in [5.74, 6) is 0. The van der Waals surface area contributed by atoms with Crippen molar-refractivity contribution in [2.24, 2.45) is 0 Å². The van der Waals surface area contributed by atoms with Crippen LogP contribution in [0.5, 0.6) is 0 Å². The molecule has 0 aliphatic carbocycles. The molecule has 2 rings (SSSR count). The second-order valence-electron chi connectivity index (χ2n) is 3.96. The zero-order valence-electron chi connectivity index (χ0n) is 9.19. The molecule has 1 aromatic heterocycles. The van der Waals surface area contributed by atoms with E-state index in [0.717, 1.165) is 22.6 Å². The molecule has 0 fully saturated rings. The average molecular weight is 304 g/mol. The molecule has 0 atom stereocenters. The maximum Gasteiger partial charge on any atom is 0.433 e. The molecular formula is C12H9BrF3N. The minimum absolute atomic E-state index is 0.365. The van der Waals surface area contributed by atoms with Gasteiger partial charge in [0.2, 0.25) is 0 Å². The molecule has 0 saturated carbocycles. The number of benzene rings is 1. The standard InChI is InChI=1S/C12H9BrF3N/c1-6-3-7(2)11-8(13)5-10(12(14,15)16)17-9(11)4-6/h3-5H,1-2H3. The number of halogens is 4. The van der Waals surface area contributed by atoms with Crippen molar-refractivity contribution in [3.8, 4) is 0 Å². The first-order chi connectivity index (χ1) is 7.79. The number of alkyl halides is 3. The van der Waals surface area contributed by atoms with E-state index in [1.807, 2.05) is 19.9 Å². The minimum atomic E-state index is -4.42. The first-order valence-electron chi connectivity index (χ1n) is 4.94. The van der Waals surface area contributed by atoms with Gasteiger partial charge in [-0.2, -0.15) is 13.2 Å². The molecule has 1 heterocycles. The van der Waals surface area contributed by atoms with Crippen LogP contribution in [-0.4, -0.2) is 4.98 Å². The highest BCUT2D eigenvalue weighted by atomic mass is 79.9. The summed E-state index contributed by atoms with van der Waals surface area (Å²) >= 11 is 3.18. The third kappa shape index (κ3) is 2.29. The number of fused-ring (bicyclic) bond motifs is 1. The van der Waals surface area contributed by atoms with Gasteiger partial charge < -0.3 is 0 Å². The van der Waals surface area contributed by atoms with Gasteiger partial charge in [0.05, 0.1) is 5.52 Å². The maximum atomic E-state index is 12.6. The van der Waals surface area contributed by atoms with Crippen LogP contribution in [0.4, 0.5) is 13.2 Å². The molecule has 0 unspecified atom stereocenters. The Labute approximate surface area is 105 Å². The number of rotatable bonds is 0. The Morgan fingerprint density at radius 3 is 2.35 bits per heavy atom. The van der Waals surface area contributed by atoms with Gasteiger partial charge >= 0.3 is 6.18 Å². The molecule has 17 heavy (non-hydrogen) atoms. The van der Waals surface area contributed by atoms with Crippen molar-refractivity contribution in [1.82, 2.24) is 4.98 Å². The summed E-state index contributed by atoms with van der Waals surface area (Å²) in [5.41, 5.74) is 1.30. The van der Waals surface area contributed by atoms with Gasteiger partial charge in [-0.1, -0.05) is 22.0 Å². The van der Waals surface area contributed by atoms with Crippen LogP contribution in [0.1, 0.15) is 16.8 Å². The highest BCUT2D eigenvalue weighted by Crippen LogP contribution is 2.34. The molecule has 0 N–H and O–H groups in total. The van der Waals surface area contributed by atoms with Gasteiger partial charge in [0.15, 0.2) is 0 Å². The lowest BCUT2D eigenvalue weighted by Crippen LogP contribution is -2.08. The van der Waals surface area contributed by atoms with Gasteiger partial charge in [-0.25, -0.2) is 4.98 Å². The predicted octanol–water partition coefficient (Wildman–Crippen LogP) is 4.63. The van der Waals surface area contributed by atoms with E-state index in [9.17, 15) is 13.2 Å². The van der Waals surface area contributed by atoms with Crippen molar-refractivity contribution in [2.75, 3.05) is 0 Å². The summed E-state index contributed by atoms with van der Waals surface area (Å²) < 4.78 is 38.3. The molecule has 0 saturated heterocycles. The first kappa shape index (κ1) is 12.4. The fourth-order valence-corrected chi connectivity index (χ4v) is 2.58. The van der Waals surface area contributed by atoms with Gasteiger partial charge in [0.25, 0.3) is 0 Å². The molecule has 0 radical (unpaired) electrons. The highest BCUT2D eigenvalue weighted by molar-refractivity contribution is 9.10. The van der Waals surface area contributed by atoms with Gasteiger partial charge in [0.1, 0.15) is 5.69 Å². The number of pyridine rings is 1. The predicted molar refractivity (Wildman–Crippen MR) is 63.9 cm³/mol. The number of aryl methyl sites for hydroxylation is 2. The zero-order chi connectivity index (χ0) is 12.8. The molecule has 0 aliphatic rings. The molecule has 0 aliphatic heterocycles. The number of hydrogen-bond acceptors (Lipinski definition) is 1. The van der Waals surface area contributed by atoms with E-state index in [1.165, 1.54) is 0 Å². The molecule has 0 bridgehead atoms. The Bertz CT molecular complexity index is 590. The van der Waals surface area contributed by atoms with Crippen LogP contribution in [0.15, 0.2) is 22.7 Å². The van der Waals surface area contributed by atoms with E-state index >= 15 is 0 Å². The SMILES string of the molecule is Cc1cc(C)c2c(Br)cc(C(F)(F)F)nc2c1. The van der Waals surface area contributed by atoms with E-state index in [-0.39, 0.29) is 0 Å². The summed E-state index contributed by atoms with van der Waals surface area (Å²) in [6.45, 7) is 3.69. The van der Waals surface area contributed by atoms with E-state index in [4.69, 9.17) is 0 Å². The normalized spacial score (nSPS) is 12.1. The summed E-state index contributed by atoms with van der Waals surface area (Å²) in [4.78, 5) is 3.67. The van der Waals surface area contributed by atoms with Gasteiger partial charge in [-0.05, 0) is 37.1 Å². The summed E-state index contributed by atoms with van der Waals surface area (Å²) in [7, 11) is 0. The van der Waals surface area contributed by atoms with Crippen LogP contribution in [0.2, 0.25) is 0 Å². The molecule has 5 heteroatoms. The van der Waals surface area contributed by atoms with Gasteiger partial charge in [-0.15, -0.1) is 0 Å². The average Bonchev–Trinajstić information content (AvgIpc) is 2.13. The highest BCUT2D eigenvalue weighted by Gasteiger charge is 2.33. The van der Waals surface area contributed by atoms with E-state index in [1.54, 1.807) is 6.07 Å². The van der Waals surface area contributed by atoms with Crippen molar-refractivity contribution >= 4 is 26.8 Å². The quantitative estimate of drug-likeness (QED) is 0.691. The second-order valence-corrected chi connectivity index (χ2v) is 4.82. The fourth-order valence-electron chi connectivity index (χ4n) is 1.84.